The first-order valence-corrected chi connectivity index (χ1v) is 8.26. The van der Waals surface area contributed by atoms with E-state index >= 15 is 0 Å². The summed E-state index contributed by atoms with van der Waals surface area (Å²) in [7, 11) is 0. The van der Waals surface area contributed by atoms with E-state index in [0.717, 1.165) is 6.61 Å². The van der Waals surface area contributed by atoms with E-state index in [2.05, 4.69) is 0 Å². The van der Waals surface area contributed by atoms with Crippen LogP contribution in [0, 0.1) is 0 Å². The number of rotatable bonds is 6. The van der Waals surface area contributed by atoms with Gasteiger partial charge in [0.25, 0.3) is 0 Å². The summed E-state index contributed by atoms with van der Waals surface area (Å²) in [6, 6.07) is 10.6. The van der Waals surface area contributed by atoms with Gasteiger partial charge in [-0.3, -0.25) is 4.79 Å². The molecule has 2 unspecified atom stereocenters. The van der Waals surface area contributed by atoms with Crippen LogP contribution in [0.2, 0.25) is 0 Å². The molecule has 3 heterocycles. The molecule has 0 radical (unpaired) electrons. The molecule has 2 saturated heterocycles. The van der Waals surface area contributed by atoms with Crippen LogP contribution in [0.3, 0.4) is 0 Å². The second kappa shape index (κ2) is 5.75. The molecule has 0 spiro atoms. The van der Waals surface area contributed by atoms with E-state index in [1.54, 1.807) is 36.4 Å². The highest BCUT2D eigenvalue weighted by molar-refractivity contribution is 5.92. The van der Waals surface area contributed by atoms with E-state index in [0.29, 0.717) is 53.3 Å². The molecule has 6 nitrogen and oxygen atoms in total. The third kappa shape index (κ3) is 2.94. The average Bonchev–Trinajstić information content (AvgIpc) is 3.53. The summed E-state index contributed by atoms with van der Waals surface area (Å²) in [5.41, 5.74) is 0.843. The Kier molecular flexibility index (Phi) is 3.39. The minimum absolute atomic E-state index is 0.0820. The Balaban J connectivity index is 1.57. The molecule has 0 amide bonds. The molecule has 2 aromatic carbocycles. The first-order chi connectivity index (χ1) is 12.3. The number of para-hydroxylation sites is 1. The van der Waals surface area contributed by atoms with Gasteiger partial charge in [-0.05, 0) is 24.3 Å². The molecule has 5 rings (SSSR count). The summed E-state index contributed by atoms with van der Waals surface area (Å²) < 4.78 is 27.7. The van der Waals surface area contributed by atoms with Crippen LogP contribution < -0.4 is 14.9 Å². The van der Waals surface area contributed by atoms with Gasteiger partial charge >= 0.3 is 0 Å². The lowest BCUT2D eigenvalue weighted by atomic mass is 10.1. The molecule has 6 heteroatoms. The summed E-state index contributed by atoms with van der Waals surface area (Å²) in [6.07, 6.45) is 0.302. The minimum Gasteiger partial charge on any atom is -0.491 e. The Morgan fingerprint density at radius 2 is 1.72 bits per heavy atom. The van der Waals surface area contributed by atoms with Crippen molar-refractivity contribution < 1.29 is 23.4 Å². The number of ether oxygens (including phenoxy) is 4. The monoisotopic (exact) mass is 340 g/mol. The zero-order valence-corrected chi connectivity index (χ0v) is 13.4. The van der Waals surface area contributed by atoms with Gasteiger partial charge in [0.15, 0.2) is 11.3 Å². The molecular weight excluding hydrogens is 324 g/mol. The lowest BCUT2D eigenvalue weighted by molar-refractivity contribution is 0.262. The quantitative estimate of drug-likeness (QED) is 0.507. The first-order valence-electron chi connectivity index (χ1n) is 8.26. The van der Waals surface area contributed by atoms with E-state index < -0.39 is 0 Å². The van der Waals surface area contributed by atoms with Crippen molar-refractivity contribution >= 4 is 21.9 Å². The van der Waals surface area contributed by atoms with Crippen molar-refractivity contribution in [2.75, 3.05) is 26.4 Å². The predicted molar refractivity (Wildman–Crippen MR) is 90.5 cm³/mol. The smallest absolute Gasteiger partial charge is 0.200 e. The third-order valence-corrected chi connectivity index (χ3v) is 4.30. The Morgan fingerprint density at radius 3 is 2.48 bits per heavy atom. The van der Waals surface area contributed by atoms with Crippen molar-refractivity contribution in [2.45, 2.75) is 12.2 Å². The molecule has 2 aliphatic heterocycles. The fourth-order valence-corrected chi connectivity index (χ4v) is 2.73. The van der Waals surface area contributed by atoms with Gasteiger partial charge < -0.3 is 23.4 Å². The molecule has 3 aromatic rings. The van der Waals surface area contributed by atoms with E-state index in [9.17, 15) is 4.79 Å². The first kappa shape index (κ1) is 14.7. The number of fused-ring (bicyclic) bond motifs is 2. The summed E-state index contributed by atoms with van der Waals surface area (Å²) >= 11 is 0. The van der Waals surface area contributed by atoms with Gasteiger partial charge in [0.2, 0.25) is 5.43 Å². The van der Waals surface area contributed by atoms with Gasteiger partial charge in [0, 0.05) is 6.07 Å². The molecule has 0 N–H and O–H groups in total. The van der Waals surface area contributed by atoms with Crippen LogP contribution in [0.4, 0.5) is 0 Å². The van der Waals surface area contributed by atoms with Gasteiger partial charge in [-0.15, -0.1) is 0 Å². The Morgan fingerprint density at radius 1 is 0.960 bits per heavy atom. The Bertz CT molecular complexity index is 1000. The lowest BCUT2D eigenvalue weighted by Crippen LogP contribution is -2.07. The van der Waals surface area contributed by atoms with Crippen molar-refractivity contribution in [2.24, 2.45) is 0 Å². The SMILES string of the molecule is O=c1c2ccc(OCC3CO3)cc2oc2c(OCC3CO3)cccc12. The van der Waals surface area contributed by atoms with Crippen LogP contribution in [0.5, 0.6) is 11.5 Å². The molecular formula is C19H16O6. The summed E-state index contributed by atoms with van der Waals surface area (Å²) in [5, 5.41) is 1.02. The van der Waals surface area contributed by atoms with Crippen molar-refractivity contribution in [3.63, 3.8) is 0 Å². The minimum atomic E-state index is -0.0820. The maximum absolute atomic E-state index is 12.8. The van der Waals surface area contributed by atoms with E-state index in [-0.39, 0.29) is 17.6 Å². The summed E-state index contributed by atoms with van der Waals surface area (Å²) in [6.45, 7) is 2.40. The maximum atomic E-state index is 12.8. The number of hydrogen-bond acceptors (Lipinski definition) is 6. The van der Waals surface area contributed by atoms with Crippen molar-refractivity contribution in [3.8, 4) is 11.5 Å². The summed E-state index contributed by atoms with van der Waals surface area (Å²) in [4.78, 5) is 12.8. The van der Waals surface area contributed by atoms with E-state index in [1.165, 1.54) is 0 Å². The fourth-order valence-electron chi connectivity index (χ4n) is 2.73. The van der Waals surface area contributed by atoms with Crippen LogP contribution in [-0.2, 0) is 9.47 Å². The van der Waals surface area contributed by atoms with Crippen molar-refractivity contribution in [1.29, 1.82) is 0 Å². The predicted octanol–water partition coefficient (Wildman–Crippen LogP) is 2.50. The van der Waals surface area contributed by atoms with Gasteiger partial charge in [0.05, 0.1) is 24.0 Å². The largest absolute Gasteiger partial charge is 0.491 e. The molecule has 0 bridgehead atoms. The topological polar surface area (TPSA) is 73.7 Å². The normalized spacial score (nSPS) is 21.4. The van der Waals surface area contributed by atoms with Crippen LogP contribution in [-0.4, -0.2) is 38.6 Å². The number of benzene rings is 2. The average molecular weight is 340 g/mol. The van der Waals surface area contributed by atoms with Crippen LogP contribution >= 0.6 is 0 Å². The molecule has 128 valence electrons. The van der Waals surface area contributed by atoms with Gasteiger partial charge in [-0.2, -0.15) is 0 Å². The molecule has 0 aliphatic carbocycles. The van der Waals surface area contributed by atoms with E-state index in [1.807, 2.05) is 0 Å². The zero-order valence-electron chi connectivity index (χ0n) is 13.4. The van der Waals surface area contributed by atoms with Crippen LogP contribution in [0.25, 0.3) is 21.9 Å². The highest BCUT2D eigenvalue weighted by atomic mass is 16.6. The zero-order chi connectivity index (χ0) is 16.8. The molecule has 2 fully saturated rings. The molecule has 2 aliphatic rings. The Hall–Kier alpha value is -2.57. The highest BCUT2D eigenvalue weighted by Gasteiger charge is 2.24. The lowest BCUT2D eigenvalue weighted by Gasteiger charge is -2.09. The molecule has 0 saturated carbocycles. The fraction of sp³-hybridized carbons (Fsp3) is 0.316. The van der Waals surface area contributed by atoms with Crippen molar-refractivity contribution in [3.05, 3.63) is 46.6 Å². The molecule has 2 atom stereocenters. The summed E-state index contributed by atoms with van der Waals surface area (Å²) in [5.74, 6) is 1.19. The van der Waals surface area contributed by atoms with Crippen molar-refractivity contribution in [1.82, 2.24) is 0 Å². The second-order valence-electron chi connectivity index (χ2n) is 6.25. The number of hydrogen-bond donors (Lipinski definition) is 0. The van der Waals surface area contributed by atoms with E-state index in [4.69, 9.17) is 23.4 Å². The highest BCUT2D eigenvalue weighted by Crippen LogP contribution is 2.29. The van der Waals surface area contributed by atoms with Gasteiger partial charge in [-0.1, -0.05) is 6.07 Å². The Labute approximate surface area is 142 Å². The number of epoxide rings is 2. The third-order valence-electron chi connectivity index (χ3n) is 4.30. The van der Waals surface area contributed by atoms with Gasteiger partial charge in [0.1, 0.15) is 36.8 Å². The standard InChI is InChI=1S/C19H16O6/c20-18-14-5-4-11(21-7-12-8-22-12)6-17(14)25-19-15(18)2-1-3-16(19)24-10-13-9-23-13/h1-6,12-13H,7-10H2. The molecule has 25 heavy (non-hydrogen) atoms. The maximum Gasteiger partial charge on any atom is 0.200 e. The van der Waals surface area contributed by atoms with Crippen LogP contribution in [0.1, 0.15) is 0 Å². The molecule has 1 aromatic heterocycles. The second-order valence-corrected chi connectivity index (χ2v) is 6.25. The van der Waals surface area contributed by atoms with Gasteiger partial charge in [-0.25, -0.2) is 0 Å². The van der Waals surface area contributed by atoms with Crippen LogP contribution in [0.15, 0.2) is 45.6 Å².